The molecule has 2 heterocycles. The van der Waals surface area contributed by atoms with Gasteiger partial charge in [-0.25, -0.2) is 0 Å². The Bertz CT molecular complexity index is 1910. The molecule has 44 heavy (non-hydrogen) atoms. The molecule has 3 nitrogen and oxygen atoms in total. The first-order valence-electron chi connectivity index (χ1n) is 15.1. The van der Waals surface area contributed by atoms with Crippen LogP contribution in [-0.2, 0) is 7.05 Å². The average molecular weight is 569 g/mol. The predicted octanol–water partition coefficient (Wildman–Crippen LogP) is 9.37. The van der Waals surface area contributed by atoms with E-state index in [0.29, 0.717) is 0 Å². The van der Waals surface area contributed by atoms with Crippen molar-refractivity contribution >= 4 is 23.6 Å². The van der Waals surface area contributed by atoms with Crippen molar-refractivity contribution in [1.82, 2.24) is 0 Å². The molecular formula is C41H34N3+. The summed E-state index contributed by atoms with van der Waals surface area (Å²) in [6.45, 7) is 0. The molecule has 1 atom stereocenters. The van der Waals surface area contributed by atoms with E-state index >= 15 is 0 Å². The summed E-state index contributed by atoms with van der Waals surface area (Å²) in [5, 5.41) is 7.31. The van der Waals surface area contributed by atoms with Gasteiger partial charge < -0.3 is 0 Å². The maximum atomic E-state index is 5.13. The second-order valence-corrected chi connectivity index (χ2v) is 11.2. The zero-order chi connectivity index (χ0) is 29.7. The molecule has 0 spiro atoms. The molecule has 0 aliphatic carbocycles. The van der Waals surface area contributed by atoms with Gasteiger partial charge in [-0.1, -0.05) is 121 Å². The van der Waals surface area contributed by atoms with E-state index in [0.717, 1.165) is 29.1 Å². The van der Waals surface area contributed by atoms with Gasteiger partial charge in [0.15, 0.2) is 0 Å². The monoisotopic (exact) mass is 568 g/mol. The first-order chi connectivity index (χ1) is 21.7. The summed E-state index contributed by atoms with van der Waals surface area (Å²) >= 11 is 0. The third-order valence-electron chi connectivity index (χ3n) is 8.33. The second kappa shape index (κ2) is 12.4. The van der Waals surface area contributed by atoms with E-state index in [9.17, 15) is 0 Å². The van der Waals surface area contributed by atoms with Gasteiger partial charge in [0.05, 0.1) is 17.4 Å². The first-order valence-corrected chi connectivity index (χ1v) is 15.1. The average Bonchev–Trinajstić information content (AvgIpc) is 3.55. The van der Waals surface area contributed by atoms with Crippen molar-refractivity contribution < 1.29 is 4.57 Å². The molecule has 6 aromatic rings. The molecule has 0 fully saturated rings. The Morgan fingerprint density at radius 2 is 1.16 bits per heavy atom. The highest BCUT2D eigenvalue weighted by molar-refractivity contribution is 6.03. The molecule has 1 aliphatic rings. The largest absolute Gasteiger partial charge is 0.257 e. The quantitative estimate of drug-likeness (QED) is 0.176. The molecule has 3 heteroatoms. The molecule has 1 aromatic heterocycles. The minimum atomic E-state index is 0.156. The number of hydrogen-bond acceptors (Lipinski definition) is 2. The Kier molecular flexibility index (Phi) is 7.67. The number of anilines is 1. The van der Waals surface area contributed by atoms with Gasteiger partial charge >= 0.3 is 0 Å². The number of nitrogens with zero attached hydrogens (tertiary/aromatic N) is 3. The van der Waals surface area contributed by atoms with Crippen LogP contribution in [0.2, 0.25) is 0 Å². The molecule has 7 rings (SSSR count). The van der Waals surface area contributed by atoms with Gasteiger partial charge in [-0.05, 0) is 58.2 Å². The summed E-state index contributed by atoms with van der Waals surface area (Å²) in [6, 6.07) is 55.8. The lowest BCUT2D eigenvalue weighted by Crippen LogP contribution is -2.34. The van der Waals surface area contributed by atoms with Crippen LogP contribution in [0, 0.1) is 0 Å². The maximum Gasteiger partial charge on any atom is 0.213 e. The van der Waals surface area contributed by atoms with E-state index in [1.807, 2.05) is 0 Å². The highest BCUT2D eigenvalue weighted by atomic mass is 15.5. The number of aromatic nitrogens is 1. The van der Waals surface area contributed by atoms with Gasteiger partial charge in [-0.15, -0.1) is 0 Å². The number of pyridine rings is 1. The van der Waals surface area contributed by atoms with E-state index < -0.39 is 0 Å². The summed E-state index contributed by atoms with van der Waals surface area (Å²) < 4.78 is 2.27. The summed E-state index contributed by atoms with van der Waals surface area (Å²) in [7, 11) is 2.14. The summed E-state index contributed by atoms with van der Waals surface area (Å²) in [4.78, 5) is 0. The molecule has 5 aromatic carbocycles. The molecular weight excluding hydrogens is 534 g/mol. The lowest BCUT2D eigenvalue weighted by atomic mass is 9.98. The van der Waals surface area contributed by atoms with Crippen LogP contribution in [0.3, 0.4) is 0 Å². The van der Waals surface area contributed by atoms with E-state index in [-0.39, 0.29) is 6.04 Å². The molecule has 0 radical (unpaired) electrons. The molecule has 0 N–H and O–H groups in total. The molecule has 1 aliphatic heterocycles. The van der Waals surface area contributed by atoms with Crippen molar-refractivity contribution in [1.29, 1.82) is 0 Å². The van der Waals surface area contributed by atoms with Crippen LogP contribution in [-0.4, -0.2) is 5.71 Å². The number of benzene rings is 5. The molecule has 0 saturated heterocycles. The highest BCUT2D eigenvalue weighted by Gasteiger charge is 2.29. The van der Waals surface area contributed by atoms with Crippen molar-refractivity contribution in [3.05, 3.63) is 180 Å². The van der Waals surface area contributed by atoms with E-state index in [4.69, 9.17) is 5.10 Å². The van der Waals surface area contributed by atoms with Crippen LogP contribution < -0.4 is 9.58 Å². The van der Waals surface area contributed by atoms with E-state index in [2.05, 4.69) is 187 Å². The van der Waals surface area contributed by atoms with Gasteiger partial charge in [0.2, 0.25) is 11.4 Å². The Balaban J connectivity index is 1.20. The van der Waals surface area contributed by atoms with Gasteiger partial charge in [-0.2, -0.15) is 9.67 Å². The highest BCUT2D eigenvalue weighted by Crippen LogP contribution is 2.37. The summed E-state index contributed by atoms with van der Waals surface area (Å²) in [5.41, 5.74) is 11.7. The molecule has 212 valence electrons. The Hall–Kier alpha value is -5.54. The Morgan fingerprint density at radius 1 is 0.591 bits per heavy atom. The molecule has 0 unspecified atom stereocenters. The third kappa shape index (κ3) is 5.73. The standard InChI is InChI=1S/C41H34N3/c1-43-38(28-36(32-14-6-2-7-15-32)29-40(43)34-18-10-4-11-19-34)27-24-31-22-25-37(26-23-31)44-41(35-20-12-5-13-21-35)30-39(42-44)33-16-8-3-9-17-33/h2-29,41H,30H2,1H3/q+1/t41-/m0/s1. The molecule has 0 bridgehead atoms. The van der Waals surface area contributed by atoms with Crippen molar-refractivity contribution in [2.75, 3.05) is 5.01 Å². The number of hydrazone groups is 1. The fourth-order valence-electron chi connectivity index (χ4n) is 5.93. The minimum Gasteiger partial charge on any atom is -0.257 e. The molecule has 0 saturated carbocycles. The lowest BCUT2D eigenvalue weighted by molar-refractivity contribution is -0.662. The van der Waals surface area contributed by atoms with Crippen LogP contribution in [0.15, 0.2) is 163 Å². The van der Waals surface area contributed by atoms with Gasteiger partial charge in [0.1, 0.15) is 7.05 Å². The fourth-order valence-corrected chi connectivity index (χ4v) is 5.93. The number of hydrogen-bond donors (Lipinski definition) is 0. The van der Waals surface area contributed by atoms with E-state index in [1.54, 1.807) is 0 Å². The van der Waals surface area contributed by atoms with Crippen molar-refractivity contribution in [2.45, 2.75) is 12.5 Å². The van der Waals surface area contributed by atoms with Crippen LogP contribution >= 0.6 is 0 Å². The second-order valence-electron chi connectivity index (χ2n) is 11.2. The Morgan fingerprint density at radius 3 is 1.80 bits per heavy atom. The summed E-state index contributed by atoms with van der Waals surface area (Å²) in [6.07, 6.45) is 5.27. The van der Waals surface area contributed by atoms with Crippen LogP contribution in [0.5, 0.6) is 0 Å². The van der Waals surface area contributed by atoms with Gasteiger partial charge in [-0.3, -0.25) is 5.01 Å². The first kappa shape index (κ1) is 27.3. The molecule has 0 amide bonds. The zero-order valence-electron chi connectivity index (χ0n) is 24.8. The topological polar surface area (TPSA) is 19.5 Å². The van der Waals surface area contributed by atoms with Crippen LogP contribution in [0.1, 0.15) is 34.8 Å². The SMILES string of the molecule is C[n+]1c(/C=C/c2ccc(N3N=C(c4ccccc4)C[C@H]3c3ccccc3)cc2)cc(-c2ccccc2)cc1-c1ccccc1. The lowest BCUT2D eigenvalue weighted by Gasteiger charge is -2.24. The Labute approximate surface area is 259 Å². The fraction of sp³-hybridized carbons (Fsp3) is 0.0732. The number of rotatable bonds is 7. The summed E-state index contributed by atoms with van der Waals surface area (Å²) in [5.74, 6) is 0. The smallest absolute Gasteiger partial charge is 0.213 e. The maximum absolute atomic E-state index is 5.13. The zero-order valence-corrected chi connectivity index (χ0v) is 24.8. The van der Waals surface area contributed by atoms with Crippen molar-refractivity contribution in [3.8, 4) is 22.4 Å². The predicted molar refractivity (Wildman–Crippen MR) is 183 cm³/mol. The van der Waals surface area contributed by atoms with Crippen molar-refractivity contribution in [3.63, 3.8) is 0 Å². The normalized spacial score (nSPS) is 14.6. The van der Waals surface area contributed by atoms with E-state index in [1.165, 1.54) is 33.5 Å². The van der Waals surface area contributed by atoms with Gasteiger partial charge in [0, 0.05) is 30.2 Å². The van der Waals surface area contributed by atoms with Crippen molar-refractivity contribution in [2.24, 2.45) is 12.1 Å². The third-order valence-corrected chi connectivity index (χ3v) is 8.33. The van der Waals surface area contributed by atoms with Crippen LogP contribution in [0.4, 0.5) is 5.69 Å². The minimum absolute atomic E-state index is 0.156. The van der Waals surface area contributed by atoms with Crippen LogP contribution in [0.25, 0.3) is 34.5 Å². The van der Waals surface area contributed by atoms with Gasteiger partial charge in [0.25, 0.3) is 0 Å².